The van der Waals surface area contributed by atoms with Crippen LogP contribution in [-0.4, -0.2) is 31.3 Å². The molecule has 0 aliphatic heterocycles. The molecule has 0 unspecified atom stereocenters. The minimum Gasteiger partial charge on any atom is -0.507 e. The van der Waals surface area contributed by atoms with E-state index < -0.39 is 11.4 Å². The van der Waals surface area contributed by atoms with E-state index in [2.05, 4.69) is 6.92 Å². The van der Waals surface area contributed by atoms with Gasteiger partial charge in [-0.1, -0.05) is 13.3 Å². The Morgan fingerprint density at radius 1 is 1.16 bits per heavy atom. The molecule has 1 fully saturated rings. The first-order valence-electron chi connectivity index (χ1n) is 8.81. The molecule has 25 heavy (non-hydrogen) atoms. The van der Waals surface area contributed by atoms with Crippen molar-refractivity contribution in [2.45, 2.75) is 51.4 Å². The molecule has 2 aliphatic carbocycles. The van der Waals surface area contributed by atoms with Crippen molar-refractivity contribution in [1.82, 2.24) is 0 Å². The second kappa shape index (κ2) is 6.04. The highest BCUT2D eigenvalue weighted by Crippen LogP contribution is 2.58. The van der Waals surface area contributed by atoms with Gasteiger partial charge in [0.15, 0.2) is 0 Å². The first-order chi connectivity index (χ1) is 11.8. The summed E-state index contributed by atoms with van der Waals surface area (Å²) in [5.41, 5.74) is 1.57. The van der Waals surface area contributed by atoms with Crippen LogP contribution < -0.4 is 0 Å². The van der Waals surface area contributed by atoms with E-state index in [4.69, 9.17) is 9.47 Å². The van der Waals surface area contributed by atoms with Crippen LogP contribution in [0, 0.1) is 11.3 Å². The number of rotatable bonds is 2. The number of phenols is 1. The molecule has 3 atom stereocenters. The van der Waals surface area contributed by atoms with Crippen LogP contribution in [0.1, 0.15) is 61.0 Å². The Bertz CT molecular complexity index is 725. The van der Waals surface area contributed by atoms with Gasteiger partial charge in [-0.2, -0.15) is 0 Å². The Hall–Kier alpha value is -2.04. The summed E-state index contributed by atoms with van der Waals surface area (Å²) in [5, 5.41) is 10.4. The lowest BCUT2D eigenvalue weighted by Gasteiger charge is -2.54. The molecule has 0 spiro atoms. The molecule has 1 aromatic carbocycles. The number of esters is 2. The van der Waals surface area contributed by atoms with Gasteiger partial charge in [0, 0.05) is 0 Å². The minimum absolute atomic E-state index is 0.0576. The Balaban J connectivity index is 2.10. The van der Waals surface area contributed by atoms with Crippen LogP contribution in [0.25, 0.3) is 0 Å². The quantitative estimate of drug-likeness (QED) is 0.831. The number of carbonyl (C=O) groups is 2. The summed E-state index contributed by atoms with van der Waals surface area (Å²) < 4.78 is 9.87. The average molecular weight is 346 g/mol. The van der Waals surface area contributed by atoms with Crippen LogP contribution in [0.3, 0.4) is 0 Å². The second-order valence-electron chi connectivity index (χ2n) is 7.79. The molecule has 1 N–H and O–H groups in total. The highest BCUT2D eigenvalue weighted by molar-refractivity contribution is 5.92. The summed E-state index contributed by atoms with van der Waals surface area (Å²) in [5.74, 6) is -0.590. The molecule has 0 aromatic heterocycles. The van der Waals surface area contributed by atoms with Crippen molar-refractivity contribution in [3.8, 4) is 5.75 Å². The predicted octanol–water partition coefficient (Wildman–Crippen LogP) is 3.36. The number of hydrogen-bond acceptors (Lipinski definition) is 5. The number of aryl methyl sites for hydroxylation is 1. The van der Waals surface area contributed by atoms with Gasteiger partial charge in [-0.25, -0.2) is 4.79 Å². The Morgan fingerprint density at radius 3 is 2.52 bits per heavy atom. The lowest BCUT2D eigenvalue weighted by molar-refractivity contribution is -0.161. The summed E-state index contributed by atoms with van der Waals surface area (Å²) in [7, 11) is 2.76. The van der Waals surface area contributed by atoms with Gasteiger partial charge < -0.3 is 14.6 Å². The molecule has 136 valence electrons. The van der Waals surface area contributed by atoms with E-state index in [9.17, 15) is 14.7 Å². The highest BCUT2D eigenvalue weighted by atomic mass is 16.5. The monoisotopic (exact) mass is 346 g/mol. The predicted molar refractivity (Wildman–Crippen MR) is 92.6 cm³/mol. The van der Waals surface area contributed by atoms with E-state index in [1.165, 1.54) is 14.2 Å². The van der Waals surface area contributed by atoms with E-state index in [1.807, 2.05) is 6.92 Å². The van der Waals surface area contributed by atoms with Gasteiger partial charge in [0.05, 0.1) is 19.6 Å². The maximum Gasteiger partial charge on any atom is 0.341 e. The Morgan fingerprint density at radius 2 is 1.88 bits per heavy atom. The smallest absolute Gasteiger partial charge is 0.341 e. The number of fused-ring (bicyclic) bond motifs is 3. The van der Waals surface area contributed by atoms with Gasteiger partial charge in [0.25, 0.3) is 0 Å². The van der Waals surface area contributed by atoms with Gasteiger partial charge in [0.1, 0.15) is 11.3 Å². The molecular weight excluding hydrogens is 320 g/mol. The molecule has 2 aliphatic rings. The van der Waals surface area contributed by atoms with Crippen LogP contribution in [0.15, 0.2) is 12.1 Å². The number of carbonyl (C=O) groups excluding carboxylic acids is 2. The standard InChI is InChI=1S/C20H26O5/c1-19-8-5-9-20(2,18(23)25-4)16(19)7-6-12-10-13(17(22)24-3)15(21)11-14(12)19/h10-11,16,21H,5-9H2,1-4H3/t16-,19-,20+/m1/s1. The first kappa shape index (κ1) is 17.8. The third-order valence-corrected chi connectivity index (χ3v) is 6.53. The molecule has 0 saturated heterocycles. The van der Waals surface area contributed by atoms with E-state index in [0.29, 0.717) is 0 Å². The molecule has 0 heterocycles. The third-order valence-electron chi connectivity index (χ3n) is 6.53. The van der Waals surface area contributed by atoms with Crippen molar-refractivity contribution in [3.63, 3.8) is 0 Å². The molecule has 0 bridgehead atoms. The lowest BCUT2D eigenvalue weighted by Crippen LogP contribution is -2.52. The number of ether oxygens (including phenoxy) is 2. The van der Waals surface area contributed by atoms with Crippen LogP contribution in [0.2, 0.25) is 0 Å². The summed E-state index contributed by atoms with van der Waals surface area (Å²) in [6.07, 6.45) is 4.33. The number of phenolic OH excluding ortho intramolecular Hbond substituents is 1. The summed E-state index contributed by atoms with van der Waals surface area (Å²) in [6, 6.07) is 3.46. The molecule has 0 amide bonds. The molecule has 5 heteroatoms. The van der Waals surface area contributed by atoms with Crippen molar-refractivity contribution < 1.29 is 24.2 Å². The van der Waals surface area contributed by atoms with Crippen molar-refractivity contribution in [2.24, 2.45) is 11.3 Å². The summed E-state index contributed by atoms with van der Waals surface area (Å²) in [4.78, 5) is 24.4. The Kier molecular flexibility index (Phi) is 4.30. The van der Waals surface area contributed by atoms with Crippen LogP contribution in [0.4, 0.5) is 0 Å². The fourth-order valence-electron chi connectivity index (χ4n) is 5.26. The van der Waals surface area contributed by atoms with Gasteiger partial charge in [-0.05, 0) is 67.2 Å². The van der Waals surface area contributed by atoms with Crippen molar-refractivity contribution in [1.29, 1.82) is 0 Å². The molecule has 1 saturated carbocycles. The van der Waals surface area contributed by atoms with Crippen molar-refractivity contribution in [3.05, 3.63) is 28.8 Å². The van der Waals surface area contributed by atoms with Crippen molar-refractivity contribution in [2.75, 3.05) is 14.2 Å². The maximum absolute atomic E-state index is 12.5. The molecule has 3 rings (SSSR count). The number of aromatic hydroxyl groups is 1. The largest absolute Gasteiger partial charge is 0.507 e. The molecule has 5 nitrogen and oxygen atoms in total. The van der Waals surface area contributed by atoms with E-state index >= 15 is 0 Å². The zero-order chi connectivity index (χ0) is 18.4. The minimum atomic E-state index is -0.532. The van der Waals surface area contributed by atoms with Crippen LogP contribution >= 0.6 is 0 Å². The fraction of sp³-hybridized carbons (Fsp3) is 0.600. The first-order valence-corrected chi connectivity index (χ1v) is 8.81. The van der Waals surface area contributed by atoms with Crippen LogP contribution in [-0.2, 0) is 26.1 Å². The number of hydrogen-bond donors (Lipinski definition) is 1. The summed E-state index contributed by atoms with van der Waals surface area (Å²) >= 11 is 0. The van der Waals surface area contributed by atoms with Gasteiger partial charge >= 0.3 is 11.9 Å². The average Bonchev–Trinajstić information content (AvgIpc) is 2.60. The highest BCUT2D eigenvalue weighted by Gasteiger charge is 2.55. The van der Waals surface area contributed by atoms with Gasteiger partial charge in [-0.15, -0.1) is 0 Å². The zero-order valence-corrected chi connectivity index (χ0v) is 15.3. The van der Waals surface area contributed by atoms with Crippen molar-refractivity contribution >= 4 is 11.9 Å². The molecular formula is C20H26O5. The van der Waals surface area contributed by atoms with E-state index in [1.54, 1.807) is 12.1 Å². The van der Waals surface area contributed by atoms with E-state index in [-0.39, 0.29) is 28.6 Å². The molecule has 0 radical (unpaired) electrons. The SMILES string of the molecule is COC(=O)c1cc2c(cc1O)[C@@]1(C)CCC[C@](C)(C(=O)OC)[C@@H]1CC2. The van der Waals surface area contributed by atoms with E-state index in [0.717, 1.165) is 43.2 Å². The number of methoxy groups -OCH3 is 2. The topological polar surface area (TPSA) is 72.8 Å². The fourth-order valence-corrected chi connectivity index (χ4v) is 5.26. The second-order valence-corrected chi connectivity index (χ2v) is 7.79. The molecule has 1 aromatic rings. The number of benzene rings is 1. The van der Waals surface area contributed by atoms with Crippen LogP contribution in [0.5, 0.6) is 5.75 Å². The zero-order valence-electron chi connectivity index (χ0n) is 15.3. The normalized spacial score (nSPS) is 30.8. The summed E-state index contributed by atoms with van der Waals surface area (Å²) in [6.45, 7) is 4.18. The van der Waals surface area contributed by atoms with Gasteiger partial charge in [-0.3, -0.25) is 4.79 Å². The Labute approximate surface area is 148 Å². The lowest BCUT2D eigenvalue weighted by atomic mass is 9.49. The van der Waals surface area contributed by atoms with Gasteiger partial charge in [0.2, 0.25) is 0 Å². The maximum atomic E-state index is 12.5. The third kappa shape index (κ3) is 2.52.